The zero-order chi connectivity index (χ0) is 12.5. The van der Waals surface area contributed by atoms with E-state index in [1.807, 2.05) is 13.8 Å². The molecule has 1 heterocycles. The Bertz CT molecular complexity index is 446. The minimum Gasteiger partial charge on any atom is -0.479 e. The molecule has 0 aliphatic rings. The van der Waals surface area contributed by atoms with Crippen molar-refractivity contribution in [3.05, 3.63) is 20.7 Å². The van der Waals surface area contributed by atoms with Gasteiger partial charge in [0.2, 0.25) is 0 Å². The van der Waals surface area contributed by atoms with Gasteiger partial charge in [-0.25, -0.2) is 4.79 Å². The van der Waals surface area contributed by atoms with Crippen LogP contribution >= 0.6 is 11.3 Å². The first kappa shape index (κ1) is 13.0. The van der Waals surface area contributed by atoms with Crippen LogP contribution in [0.25, 0.3) is 0 Å². The number of nitrogens with zero attached hydrogens (tertiary/aromatic N) is 1. The molecule has 1 N–H and O–H groups in total. The summed E-state index contributed by atoms with van der Waals surface area (Å²) < 4.78 is 1.39. The molecule has 4 nitrogen and oxygen atoms in total. The first-order valence-electron chi connectivity index (χ1n) is 5.20. The second-order valence-electron chi connectivity index (χ2n) is 4.66. The molecule has 0 aliphatic carbocycles. The average molecular weight is 243 g/mol. The Morgan fingerprint density at radius 1 is 1.62 bits per heavy atom. The molecule has 0 bridgehead atoms. The summed E-state index contributed by atoms with van der Waals surface area (Å²) in [4.78, 5) is 22.9. The van der Waals surface area contributed by atoms with Crippen molar-refractivity contribution in [2.45, 2.75) is 39.7 Å². The minimum absolute atomic E-state index is 0.206. The molecule has 0 spiro atoms. The molecule has 1 atom stereocenters. The SMILES string of the molecule is Cc1csc(=O)n1C(C)(CC(C)C)C(=O)O. The predicted octanol–water partition coefficient (Wildman–Crippen LogP) is 2.06. The van der Waals surface area contributed by atoms with Crippen molar-refractivity contribution in [3.8, 4) is 0 Å². The van der Waals surface area contributed by atoms with Crippen LogP contribution in [0, 0.1) is 12.8 Å². The Hall–Kier alpha value is -1.10. The summed E-state index contributed by atoms with van der Waals surface area (Å²) >= 11 is 1.05. The normalized spacial score (nSPS) is 15.1. The maximum atomic E-state index is 11.7. The molecule has 1 unspecified atom stereocenters. The summed E-state index contributed by atoms with van der Waals surface area (Å²) in [6, 6.07) is 0. The van der Waals surface area contributed by atoms with Crippen molar-refractivity contribution in [2.75, 3.05) is 0 Å². The molecule has 0 saturated heterocycles. The molecule has 0 aromatic carbocycles. The number of hydrogen-bond acceptors (Lipinski definition) is 3. The number of carboxylic acid groups (broad SMARTS) is 1. The smallest absolute Gasteiger partial charge is 0.329 e. The number of aromatic nitrogens is 1. The summed E-state index contributed by atoms with van der Waals surface area (Å²) in [5.41, 5.74) is -0.435. The van der Waals surface area contributed by atoms with Gasteiger partial charge in [0, 0.05) is 11.1 Å². The van der Waals surface area contributed by atoms with Crippen LogP contribution in [-0.2, 0) is 10.3 Å². The van der Waals surface area contributed by atoms with Crippen LogP contribution in [0.3, 0.4) is 0 Å². The van der Waals surface area contributed by atoms with E-state index in [4.69, 9.17) is 0 Å². The van der Waals surface area contributed by atoms with Gasteiger partial charge in [-0.05, 0) is 26.2 Å². The topological polar surface area (TPSA) is 59.3 Å². The molecule has 90 valence electrons. The molecular formula is C11H17NO3S. The first-order valence-corrected chi connectivity index (χ1v) is 6.08. The fourth-order valence-electron chi connectivity index (χ4n) is 2.04. The quantitative estimate of drug-likeness (QED) is 0.880. The number of aliphatic carboxylic acids is 1. The Morgan fingerprint density at radius 3 is 2.50 bits per heavy atom. The van der Waals surface area contributed by atoms with Gasteiger partial charge < -0.3 is 5.11 Å². The maximum absolute atomic E-state index is 11.7. The third kappa shape index (κ3) is 2.19. The lowest BCUT2D eigenvalue weighted by molar-refractivity contribution is -0.147. The van der Waals surface area contributed by atoms with Crippen LogP contribution < -0.4 is 4.87 Å². The Morgan fingerprint density at radius 2 is 2.19 bits per heavy atom. The minimum atomic E-state index is -1.14. The van der Waals surface area contributed by atoms with Crippen molar-refractivity contribution in [3.63, 3.8) is 0 Å². The number of thiazole rings is 1. The standard InChI is InChI=1S/C11H17NO3S/c1-7(2)5-11(4,9(13)14)12-8(3)6-16-10(12)15/h6-7H,5H2,1-4H3,(H,13,14). The molecule has 1 aromatic heterocycles. The van der Waals surface area contributed by atoms with Gasteiger partial charge in [0.05, 0.1) is 0 Å². The summed E-state index contributed by atoms with van der Waals surface area (Å²) in [6.07, 6.45) is 0.444. The molecule has 5 heteroatoms. The van der Waals surface area contributed by atoms with Gasteiger partial charge in [-0.15, -0.1) is 0 Å². The van der Waals surface area contributed by atoms with E-state index in [0.717, 1.165) is 11.3 Å². The molecular weight excluding hydrogens is 226 g/mol. The van der Waals surface area contributed by atoms with Crippen LogP contribution in [-0.4, -0.2) is 15.6 Å². The van der Waals surface area contributed by atoms with Crippen molar-refractivity contribution < 1.29 is 9.90 Å². The van der Waals surface area contributed by atoms with Crippen molar-refractivity contribution >= 4 is 17.3 Å². The fourth-order valence-corrected chi connectivity index (χ4v) is 2.87. The molecule has 0 radical (unpaired) electrons. The van der Waals surface area contributed by atoms with E-state index in [0.29, 0.717) is 12.1 Å². The van der Waals surface area contributed by atoms with Crippen LogP contribution in [0.5, 0.6) is 0 Å². The van der Waals surface area contributed by atoms with Crippen LogP contribution in [0.1, 0.15) is 32.9 Å². The van der Waals surface area contributed by atoms with Crippen LogP contribution in [0.15, 0.2) is 10.2 Å². The van der Waals surface area contributed by atoms with Gasteiger partial charge in [0.25, 0.3) is 0 Å². The molecule has 0 fully saturated rings. The van der Waals surface area contributed by atoms with E-state index in [1.165, 1.54) is 4.57 Å². The van der Waals surface area contributed by atoms with Crippen molar-refractivity contribution in [1.29, 1.82) is 0 Å². The predicted molar refractivity (Wildman–Crippen MR) is 64.1 cm³/mol. The van der Waals surface area contributed by atoms with Crippen LogP contribution in [0.2, 0.25) is 0 Å². The molecule has 0 amide bonds. The third-order valence-electron chi connectivity index (χ3n) is 2.63. The van der Waals surface area contributed by atoms with Gasteiger partial charge >= 0.3 is 10.8 Å². The third-order valence-corrected chi connectivity index (χ3v) is 3.47. The molecule has 16 heavy (non-hydrogen) atoms. The first-order chi connectivity index (χ1) is 7.29. The zero-order valence-electron chi connectivity index (χ0n) is 9.98. The summed E-state index contributed by atoms with van der Waals surface area (Å²) in [5.74, 6) is -0.739. The Kier molecular flexibility index (Phi) is 3.57. The van der Waals surface area contributed by atoms with E-state index in [1.54, 1.807) is 19.2 Å². The lowest BCUT2D eigenvalue weighted by Gasteiger charge is -2.28. The highest BCUT2D eigenvalue weighted by atomic mass is 32.1. The fraction of sp³-hybridized carbons (Fsp3) is 0.636. The Labute approximate surface area is 98.5 Å². The second kappa shape index (κ2) is 4.41. The second-order valence-corrected chi connectivity index (χ2v) is 5.48. The van der Waals surface area contributed by atoms with Crippen molar-refractivity contribution in [1.82, 2.24) is 4.57 Å². The summed E-state index contributed by atoms with van der Waals surface area (Å²) in [7, 11) is 0. The number of aryl methyl sites for hydroxylation is 1. The number of carbonyl (C=O) groups is 1. The van der Waals surface area contributed by atoms with Crippen LogP contribution in [0.4, 0.5) is 0 Å². The molecule has 1 aromatic rings. The Balaban J connectivity index is 3.33. The highest BCUT2D eigenvalue weighted by Crippen LogP contribution is 2.26. The lowest BCUT2D eigenvalue weighted by Crippen LogP contribution is -2.45. The lowest BCUT2D eigenvalue weighted by atomic mass is 9.90. The number of carboxylic acids is 1. The van der Waals surface area contributed by atoms with Gasteiger partial charge in [-0.1, -0.05) is 25.2 Å². The monoisotopic (exact) mass is 243 g/mol. The van der Waals surface area contributed by atoms with Gasteiger partial charge in [-0.2, -0.15) is 0 Å². The van der Waals surface area contributed by atoms with Gasteiger partial charge in [0.1, 0.15) is 5.54 Å². The maximum Gasteiger partial charge on any atom is 0.329 e. The van der Waals surface area contributed by atoms with E-state index in [2.05, 4.69) is 0 Å². The highest BCUT2D eigenvalue weighted by Gasteiger charge is 2.38. The van der Waals surface area contributed by atoms with Gasteiger partial charge in [0.15, 0.2) is 0 Å². The molecule has 0 saturated carbocycles. The summed E-state index contributed by atoms with van der Waals surface area (Å²) in [6.45, 7) is 7.28. The number of rotatable bonds is 4. The number of hydrogen-bond donors (Lipinski definition) is 1. The zero-order valence-corrected chi connectivity index (χ0v) is 10.8. The van der Waals surface area contributed by atoms with E-state index in [9.17, 15) is 14.7 Å². The molecule has 1 rings (SSSR count). The average Bonchev–Trinajstić information content (AvgIpc) is 2.44. The molecule has 0 aliphatic heterocycles. The highest BCUT2D eigenvalue weighted by molar-refractivity contribution is 7.07. The van der Waals surface area contributed by atoms with E-state index >= 15 is 0 Å². The van der Waals surface area contributed by atoms with Crippen molar-refractivity contribution in [2.24, 2.45) is 5.92 Å². The summed E-state index contributed by atoms with van der Waals surface area (Å²) in [5, 5.41) is 11.0. The van der Waals surface area contributed by atoms with E-state index in [-0.39, 0.29) is 10.8 Å². The van der Waals surface area contributed by atoms with Gasteiger partial charge in [-0.3, -0.25) is 9.36 Å². The van der Waals surface area contributed by atoms with E-state index < -0.39 is 11.5 Å². The largest absolute Gasteiger partial charge is 0.479 e.